The molecule has 0 atom stereocenters. The Labute approximate surface area is 148 Å². The van der Waals surface area contributed by atoms with Gasteiger partial charge in [0, 0.05) is 0 Å². The molecule has 0 aliphatic carbocycles. The highest BCUT2D eigenvalue weighted by molar-refractivity contribution is 7.40. The molecule has 0 fully saturated rings. The fourth-order valence-electron chi connectivity index (χ4n) is 2.84. The molecular weight excluding hydrogens is 336 g/mol. The van der Waals surface area contributed by atoms with Crippen LogP contribution in [0.25, 0.3) is 0 Å². The van der Waals surface area contributed by atoms with Gasteiger partial charge in [-0.1, -0.05) is 54.6 Å². The lowest BCUT2D eigenvalue weighted by atomic mass is 10.3. The molecule has 0 aromatic heterocycles. The maximum Gasteiger partial charge on any atom is 0.248 e. The van der Waals surface area contributed by atoms with Crippen LogP contribution in [0.4, 0.5) is 0 Å². The Morgan fingerprint density at radius 2 is 1.08 bits per heavy atom. The summed E-state index contributed by atoms with van der Waals surface area (Å²) in [7, 11) is 0.682. The lowest BCUT2D eigenvalue weighted by Crippen LogP contribution is -2.62. The summed E-state index contributed by atoms with van der Waals surface area (Å²) in [5, 5.41) is 3.30. The number of methoxy groups -OCH3 is 2. The Bertz CT molecular complexity index is 773. The van der Waals surface area contributed by atoms with Crippen molar-refractivity contribution in [1.29, 1.82) is 0 Å². The zero-order valence-corrected chi connectivity index (χ0v) is 15.5. The Morgan fingerprint density at radius 1 is 0.625 bits per heavy atom. The van der Waals surface area contributed by atoms with Crippen molar-refractivity contribution in [1.82, 2.24) is 0 Å². The first kappa shape index (κ1) is 16.6. The fraction of sp³-hybridized carbons (Fsp3) is 0.100. The smallest absolute Gasteiger partial charge is 0.248 e. The maximum absolute atomic E-state index is 7.40. The number of hydrogen-bond donors (Lipinski definition) is 0. The van der Waals surface area contributed by atoms with Gasteiger partial charge in [-0.2, -0.15) is 0 Å². The third-order valence-electron chi connectivity index (χ3n) is 4.11. The van der Waals surface area contributed by atoms with Crippen LogP contribution in [0.5, 0.6) is 11.5 Å². The lowest BCUT2D eigenvalue weighted by molar-refractivity contribution is 0.415. The van der Waals surface area contributed by atoms with E-state index >= 15 is 0 Å². The number of halogens is 1. The molecule has 3 rings (SSSR count). The summed E-state index contributed by atoms with van der Waals surface area (Å²) >= 11 is 7.40. The fourth-order valence-corrected chi connectivity index (χ4v) is 6.91. The molecule has 24 heavy (non-hydrogen) atoms. The highest BCUT2D eigenvalue weighted by Crippen LogP contribution is 2.18. The predicted molar refractivity (Wildman–Crippen MR) is 103 cm³/mol. The molecule has 122 valence electrons. The van der Waals surface area contributed by atoms with E-state index in [0.717, 1.165) is 27.1 Å². The summed E-state index contributed by atoms with van der Waals surface area (Å²) in [6.07, 6.45) is 0. The number of ether oxygens (including phenoxy) is 2. The van der Waals surface area contributed by atoms with Crippen LogP contribution in [-0.4, -0.2) is 21.6 Å². The van der Waals surface area contributed by atoms with Crippen LogP contribution in [0.1, 0.15) is 0 Å². The standard InChI is InChI=1S/C20H19ClO2Si/c1-22-16-8-6-12-19(14-16)24(21,18-10-4-3-5-11-18)20-13-7-9-17(15-20)23-2/h3-15H,1-2H3. The molecular formula is C20H19ClO2Si. The summed E-state index contributed by atoms with van der Waals surface area (Å²) in [6, 6.07) is 26.3. The van der Waals surface area contributed by atoms with Crippen LogP contribution in [-0.2, 0) is 0 Å². The molecule has 0 saturated carbocycles. The third-order valence-corrected chi connectivity index (χ3v) is 9.41. The topological polar surface area (TPSA) is 18.5 Å². The average Bonchev–Trinajstić information content (AvgIpc) is 2.68. The van der Waals surface area contributed by atoms with E-state index in [4.69, 9.17) is 20.6 Å². The summed E-state index contributed by atoms with van der Waals surface area (Å²) in [5.41, 5.74) is 0. The Kier molecular flexibility index (Phi) is 4.93. The zero-order chi connectivity index (χ0) is 17.0. The molecule has 4 heteroatoms. The SMILES string of the molecule is COc1cccc([Si](Cl)(c2ccccc2)c2cccc(OC)c2)c1. The second-order valence-corrected chi connectivity index (χ2v) is 10.2. The molecule has 0 amide bonds. The molecule has 3 aromatic rings. The van der Waals surface area contributed by atoms with E-state index in [1.165, 1.54) is 0 Å². The van der Waals surface area contributed by atoms with Crippen molar-refractivity contribution in [3.05, 3.63) is 78.9 Å². The van der Waals surface area contributed by atoms with Crippen LogP contribution in [0.2, 0.25) is 0 Å². The van der Waals surface area contributed by atoms with Crippen molar-refractivity contribution in [2.75, 3.05) is 14.2 Å². The normalized spacial score (nSPS) is 11.1. The van der Waals surface area contributed by atoms with E-state index in [0.29, 0.717) is 0 Å². The molecule has 0 heterocycles. The van der Waals surface area contributed by atoms with Crippen molar-refractivity contribution in [2.24, 2.45) is 0 Å². The molecule has 0 unspecified atom stereocenters. The highest BCUT2D eigenvalue weighted by atomic mass is 35.6. The third kappa shape index (κ3) is 3.05. The predicted octanol–water partition coefficient (Wildman–Crippen LogP) is 2.91. The van der Waals surface area contributed by atoms with Gasteiger partial charge < -0.3 is 9.47 Å². The maximum atomic E-state index is 7.40. The molecule has 0 radical (unpaired) electrons. The van der Waals surface area contributed by atoms with E-state index in [1.54, 1.807) is 14.2 Å². The van der Waals surface area contributed by atoms with Gasteiger partial charge in [0.2, 0.25) is 7.38 Å². The van der Waals surface area contributed by atoms with Gasteiger partial charge in [-0.15, -0.1) is 11.1 Å². The minimum absolute atomic E-state index is 0.809. The highest BCUT2D eigenvalue weighted by Gasteiger charge is 2.38. The molecule has 0 aliphatic heterocycles. The van der Waals surface area contributed by atoms with Gasteiger partial charge in [0.15, 0.2) is 0 Å². The van der Waals surface area contributed by atoms with Gasteiger partial charge in [-0.05, 0) is 39.8 Å². The summed E-state index contributed by atoms with van der Waals surface area (Å²) < 4.78 is 10.8. The van der Waals surface area contributed by atoms with E-state index in [2.05, 4.69) is 24.3 Å². The monoisotopic (exact) mass is 354 g/mol. The Balaban J connectivity index is 2.24. The van der Waals surface area contributed by atoms with E-state index in [9.17, 15) is 0 Å². The van der Waals surface area contributed by atoms with Gasteiger partial charge in [-0.3, -0.25) is 0 Å². The quantitative estimate of drug-likeness (QED) is 0.398. The number of rotatable bonds is 5. The summed E-state index contributed by atoms with van der Waals surface area (Å²) in [6.45, 7) is 0. The van der Waals surface area contributed by atoms with Crippen LogP contribution in [0.15, 0.2) is 78.9 Å². The average molecular weight is 355 g/mol. The molecule has 0 N–H and O–H groups in total. The van der Waals surface area contributed by atoms with Crippen molar-refractivity contribution >= 4 is 34.0 Å². The molecule has 0 spiro atoms. The summed E-state index contributed by atoms with van der Waals surface area (Å²) in [5.74, 6) is 1.62. The molecule has 3 aromatic carbocycles. The van der Waals surface area contributed by atoms with Crippen molar-refractivity contribution in [2.45, 2.75) is 0 Å². The lowest BCUT2D eigenvalue weighted by Gasteiger charge is -2.27. The molecule has 0 bridgehead atoms. The Morgan fingerprint density at radius 3 is 1.54 bits per heavy atom. The first-order valence-corrected chi connectivity index (χ1v) is 10.7. The minimum Gasteiger partial charge on any atom is -0.497 e. The van der Waals surface area contributed by atoms with Gasteiger partial charge >= 0.3 is 0 Å². The van der Waals surface area contributed by atoms with Gasteiger partial charge in [0.05, 0.1) is 14.2 Å². The zero-order valence-electron chi connectivity index (χ0n) is 13.7. The van der Waals surface area contributed by atoms with Gasteiger partial charge in [0.1, 0.15) is 11.5 Å². The van der Waals surface area contributed by atoms with Crippen molar-refractivity contribution in [3.63, 3.8) is 0 Å². The van der Waals surface area contributed by atoms with Crippen LogP contribution < -0.4 is 25.0 Å². The summed E-state index contributed by atoms with van der Waals surface area (Å²) in [4.78, 5) is 0. The first-order valence-electron chi connectivity index (χ1n) is 7.72. The van der Waals surface area contributed by atoms with Crippen molar-refractivity contribution < 1.29 is 9.47 Å². The number of benzene rings is 3. The van der Waals surface area contributed by atoms with E-state index in [1.807, 2.05) is 54.6 Å². The second kappa shape index (κ2) is 7.12. The second-order valence-electron chi connectivity index (χ2n) is 5.49. The van der Waals surface area contributed by atoms with Crippen LogP contribution >= 0.6 is 11.1 Å². The molecule has 0 saturated heterocycles. The van der Waals surface area contributed by atoms with Crippen LogP contribution in [0, 0.1) is 0 Å². The van der Waals surface area contributed by atoms with Crippen LogP contribution in [0.3, 0.4) is 0 Å². The van der Waals surface area contributed by atoms with Crippen molar-refractivity contribution in [3.8, 4) is 11.5 Å². The van der Waals surface area contributed by atoms with Gasteiger partial charge in [-0.25, -0.2) is 0 Å². The molecule has 2 nitrogen and oxygen atoms in total. The Hall–Kier alpha value is -2.23. The molecule has 0 aliphatic rings. The van der Waals surface area contributed by atoms with E-state index in [-0.39, 0.29) is 0 Å². The van der Waals surface area contributed by atoms with E-state index < -0.39 is 7.38 Å². The first-order chi connectivity index (χ1) is 11.7. The number of hydrogen-bond acceptors (Lipinski definition) is 2. The minimum atomic E-state index is -2.66. The van der Waals surface area contributed by atoms with Gasteiger partial charge in [0.25, 0.3) is 0 Å². The largest absolute Gasteiger partial charge is 0.497 e.